The standard InChI is InChI=1S/C16H23N5/c1-12(2)21-7-3-4-13(11-21)8-14-9-18-16(10-17-14)15-5-6-19-20-15/h5-6,9-10,12-13H,3-4,7-8,11H2,1-2H3,(H,19,20)/t13-/m0/s1. The molecule has 2 aromatic rings. The van der Waals surface area contributed by atoms with Crippen molar-refractivity contribution in [2.45, 2.75) is 39.2 Å². The van der Waals surface area contributed by atoms with E-state index < -0.39 is 0 Å². The van der Waals surface area contributed by atoms with Crippen LogP contribution < -0.4 is 0 Å². The highest BCUT2D eigenvalue weighted by Crippen LogP contribution is 2.22. The van der Waals surface area contributed by atoms with Crippen LogP contribution in [0.2, 0.25) is 0 Å². The third kappa shape index (κ3) is 3.47. The van der Waals surface area contributed by atoms with E-state index in [1.165, 1.54) is 25.9 Å². The molecule has 1 saturated heterocycles. The van der Waals surface area contributed by atoms with Gasteiger partial charge in [0.1, 0.15) is 5.69 Å². The molecule has 1 aliphatic heterocycles. The lowest BCUT2D eigenvalue weighted by molar-refractivity contribution is 0.139. The molecule has 0 amide bonds. The zero-order valence-electron chi connectivity index (χ0n) is 12.8. The van der Waals surface area contributed by atoms with E-state index in [9.17, 15) is 0 Å². The van der Waals surface area contributed by atoms with E-state index in [1.54, 1.807) is 6.20 Å². The quantitative estimate of drug-likeness (QED) is 0.938. The van der Waals surface area contributed by atoms with E-state index in [1.807, 2.05) is 18.5 Å². The first-order chi connectivity index (χ1) is 10.2. The summed E-state index contributed by atoms with van der Waals surface area (Å²) in [5.41, 5.74) is 2.86. The number of H-pyrrole nitrogens is 1. The van der Waals surface area contributed by atoms with Crippen molar-refractivity contribution >= 4 is 0 Å². The number of aromatic nitrogens is 4. The Labute approximate surface area is 125 Å². The van der Waals surface area contributed by atoms with E-state index in [2.05, 4.69) is 38.9 Å². The molecule has 112 valence electrons. The molecule has 1 aliphatic rings. The van der Waals surface area contributed by atoms with Crippen LogP contribution in [0.3, 0.4) is 0 Å². The molecule has 2 aromatic heterocycles. The van der Waals surface area contributed by atoms with Crippen LogP contribution in [0, 0.1) is 5.92 Å². The van der Waals surface area contributed by atoms with Gasteiger partial charge >= 0.3 is 0 Å². The molecule has 5 nitrogen and oxygen atoms in total. The minimum atomic E-state index is 0.640. The van der Waals surface area contributed by atoms with Gasteiger partial charge in [-0.15, -0.1) is 0 Å². The molecule has 3 heterocycles. The van der Waals surface area contributed by atoms with E-state index >= 15 is 0 Å². The Bertz CT molecular complexity index is 547. The van der Waals surface area contributed by atoms with Gasteiger partial charge in [-0.05, 0) is 51.6 Å². The highest BCUT2D eigenvalue weighted by molar-refractivity contribution is 5.51. The van der Waals surface area contributed by atoms with Gasteiger partial charge in [-0.1, -0.05) is 0 Å². The van der Waals surface area contributed by atoms with Gasteiger partial charge in [-0.25, -0.2) is 0 Å². The summed E-state index contributed by atoms with van der Waals surface area (Å²) in [7, 11) is 0. The maximum atomic E-state index is 4.57. The van der Waals surface area contributed by atoms with Crippen LogP contribution in [0.1, 0.15) is 32.4 Å². The van der Waals surface area contributed by atoms with Crippen LogP contribution in [0.15, 0.2) is 24.7 Å². The van der Waals surface area contributed by atoms with Crippen LogP contribution >= 0.6 is 0 Å². The molecular weight excluding hydrogens is 262 g/mol. The number of likely N-dealkylation sites (tertiary alicyclic amines) is 1. The molecule has 1 atom stereocenters. The number of nitrogens with one attached hydrogen (secondary N) is 1. The number of hydrogen-bond acceptors (Lipinski definition) is 4. The third-order valence-corrected chi connectivity index (χ3v) is 4.26. The second-order valence-electron chi connectivity index (χ2n) is 6.16. The summed E-state index contributed by atoms with van der Waals surface area (Å²) in [5.74, 6) is 0.702. The molecule has 0 aliphatic carbocycles. The van der Waals surface area contributed by atoms with E-state index in [-0.39, 0.29) is 0 Å². The predicted molar refractivity (Wildman–Crippen MR) is 82.8 cm³/mol. The molecule has 21 heavy (non-hydrogen) atoms. The largest absolute Gasteiger partial charge is 0.301 e. The summed E-state index contributed by atoms with van der Waals surface area (Å²) in [4.78, 5) is 11.6. The second-order valence-corrected chi connectivity index (χ2v) is 6.16. The van der Waals surface area contributed by atoms with Crippen LogP contribution in [0.25, 0.3) is 11.4 Å². The van der Waals surface area contributed by atoms with Gasteiger partial charge in [0, 0.05) is 25.0 Å². The molecule has 5 heteroatoms. The molecule has 0 unspecified atom stereocenters. The lowest BCUT2D eigenvalue weighted by atomic mass is 9.93. The fourth-order valence-corrected chi connectivity index (χ4v) is 3.03. The molecule has 0 bridgehead atoms. The average Bonchev–Trinajstić information content (AvgIpc) is 3.02. The summed E-state index contributed by atoms with van der Waals surface area (Å²) in [6.45, 7) is 6.98. The van der Waals surface area contributed by atoms with Crippen LogP contribution in [-0.2, 0) is 6.42 Å². The lowest BCUT2D eigenvalue weighted by Crippen LogP contribution is -2.40. The van der Waals surface area contributed by atoms with Gasteiger partial charge in [0.05, 0.1) is 17.6 Å². The maximum Gasteiger partial charge on any atom is 0.106 e. The van der Waals surface area contributed by atoms with Crippen molar-refractivity contribution in [1.82, 2.24) is 25.1 Å². The fourth-order valence-electron chi connectivity index (χ4n) is 3.03. The number of nitrogens with zero attached hydrogens (tertiary/aromatic N) is 4. The summed E-state index contributed by atoms with van der Waals surface area (Å²) in [5, 5.41) is 6.85. The maximum absolute atomic E-state index is 4.57. The van der Waals surface area contributed by atoms with Gasteiger partial charge in [-0.3, -0.25) is 15.1 Å². The van der Waals surface area contributed by atoms with Gasteiger partial charge < -0.3 is 4.90 Å². The minimum absolute atomic E-state index is 0.640. The SMILES string of the molecule is CC(C)N1CCC[C@@H](Cc2cnc(-c3ccn[nH]3)cn2)C1. The minimum Gasteiger partial charge on any atom is -0.301 e. The van der Waals surface area contributed by atoms with Crippen LogP contribution in [-0.4, -0.2) is 44.2 Å². The zero-order chi connectivity index (χ0) is 14.7. The number of hydrogen-bond donors (Lipinski definition) is 1. The van der Waals surface area contributed by atoms with Gasteiger partial charge in [0.2, 0.25) is 0 Å². The van der Waals surface area contributed by atoms with Crippen molar-refractivity contribution in [3.63, 3.8) is 0 Å². The Morgan fingerprint density at radius 1 is 1.33 bits per heavy atom. The molecular formula is C16H23N5. The molecule has 0 spiro atoms. The Morgan fingerprint density at radius 2 is 2.24 bits per heavy atom. The lowest BCUT2D eigenvalue weighted by Gasteiger charge is -2.35. The van der Waals surface area contributed by atoms with Gasteiger partial charge in [0.25, 0.3) is 0 Å². The first-order valence-corrected chi connectivity index (χ1v) is 7.77. The predicted octanol–water partition coefficient (Wildman–Crippen LogP) is 2.53. The Balaban J connectivity index is 1.62. The van der Waals surface area contributed by atoms with Crippen molar-refractivity contribution in [3.8, 4) is 11.4 Å². The Kier molecular flexibility index (Phi) is 4.29. The van der Waals surface area contributed by atoms with Crippen LogP contribution in [0.4, 0.5) is 0 Å². The third-order valence-electron chi connectivity index (χ3n) is 4.26. The number of aromatic amines is 1. The smallest absolute Gasteiger partial charge is 0.106 e. The summed E-state index contributed by atoms with van der Waals surface area (Å²) in [6.07, 6.45) is 9.10. The molecule has 0 aromatic carbocycles. The number of piperidine rings is 1. The first-order valence-electron chi connectivity index (χ1n) is 7.77. The van der Waals surface area contributed by atoms with Crippen molar-refractivity contribution in [3.05, 3.63) is 30.4 Å². The van der Waals surface area contributed by atoms with Crippen molar-refractivity contribution in [1.29, 1.82) is 0 Å². The molecule has 0 saturated carbocycles. The zero-order valence-corrected chi connectivity index (χ0v) is 12.8. The van der Waals surface area contributed by atoms with Crippen molar-refractivity contribution in [2.75, 3.05) is 13.1 Å². The topological polar surface area (TPSA) is 57.7 Å². The first kappa shape index (κ1) is 14.2. The second kappa shape index (κ2) is 6.35. The average molecular weight is 285 g/mol. The van der Waals surface area contributed by atoms with Gasteiger partial charge in [0.15, 0.2) is 0 Å². The normalized spacial score (nSPS) is 20.0. The van der Waals surface area contributed by atoms with E-state index in [4.69, 9.17) is 0 Å². The Hall–Kier alpha value is -1.75. The van der Waals surface area contributed by atoms with Crippen molar-refractivity contribution in [2.24, 2.45) is 5.92 Å². The van der Waals surface area contributed by atoms with Gasteiger partial charge in [-0.2, -0.15) is 5.10 Å². The van der Waals surface area contributed by atoms with Crippen molar-refractivity contribution < 1.29 is 0 Å². The monoisotopic (exact) mass is 285 g/mol. The van der Waals surface area contributed by atoms with Crippen LogP contribution in [0.5, 0.6) is 0 Å². The highest BCUT2D eigenvalue weighted by Gasteiger charge is 2.22. The molecule has 3 rings (SSSR count). The molecule has 0 radical (unpaired) electrons. The summed E-state index contributed by atoms with van der Waals surface area (Å²) in [6, 6.07) is 2.55. The Morgan fingerprint density at radius 3 is 2.90 bits per heavy atom. The number of rotatable bonds is 4. The fraction of sp³-hybridized carbons (Fsp3) is 0.562. The van der Waals surface area contributed by atoms with E-state index in [0.717, 1.165) is 23.5 Å². The van der Waals surface area contributed by atoms with E-state index in [0.29, 0.717) is 12.0 Å². The molecule has 1 N–H and O–H groups in total. The highest BCUT2D eigenvalue weighted by atomic mass is 15.2. The summed E-state index contributed by atoms with van der Waals surface area (Å²) >= 11 is 0. The molecule has 1 fully saturated rings. The summed E-state index contributed by atoms with van der Waals surface area (Å²) < 4.78 is 0.